The first kappa shape index (κ1) is 6.78. The second-order valence-electron chi connectivity index (χ2n) is 1.91. The molecule has 0 aromatic rings. The third kappa shape index (κ3) is 1.57. The molecule has 0 unspecified atom stereocenters. The average molecular weight is 136 g/mol. The van der Waals surface area contributed by atoms with Gasteiger partial charge in [0.15, 0.2) is 0 Å². The molecule has 0 spiro atoms. The topological polar surface area (TPSA) is 41.5 Å². The van der Waals surface area contributed by atoms with Crippen LogP contribution in [0.2, 0.25) is 0 Å². The lowest BCUT2D eigenvalue weighted by Gasteiger charge is -1.91. The van der Waals surface area contributed by atoms with Gasteiger partial charge in [-0.15, -0.1) is 4.99 Å². The van der Waals surface area contributed by atoms with E-state index in [9.17, 15) is 4.79 Å². The summed E-state index contributed by atoms with van der Waals surface area (Å²) in [7, 11) is 0. The van der Waals surface area contributed by atoms with Crippen molar-refractivity contribution in [2.45, 2.75) is 13.3 Å². The van der Waals surface area contributed by atoms with Crippen LogP contribution in [0.25, 0.3) is 0 Å². The van der Waals surface area contributed by atoms with Gasteiger partial charge in [-0.2, -0.15) is 0 Å². The summed E-state index contributed by atoms with van der Waals surface area (Å²) >= 11 is 0. The maximum atomic E-state index is 10.5. The minimum Gasteiger partial charge on any atom is -0.312 e. The summed E-state index contributed by atoms with van der Waals surface area (Å²) in [5.74, 6) is 2.52. The lowest BCUT2D eigenvalue weighted by Crippen LogP contribution is -2.10. The highest BCUT2D eigenvalue weighted by atomic mass is 16.2. The highest BCUT2D eigenvalue weighted by Gasteiger charge is 1.95. The molecular formula is C7H8N2O. The lowest BCUT2D eigenvalue weighted by atomic mass is 10.2. The van der Waals surface area contributed by atoms with Crippen molar-refractivity contribution >= 4 is 11.9 Å². The van der Waals surface area contributed by atoms with E-state index in [1.165, 1.54) is 0 Å². The number of nitrogens with zero attached hydrogens (tertiary/aromatic N) is 1. The van der Waals surface area contributed by atoms with Crippen LogP contribution in [-0.2, 0) is 0 Å². The first-order valence-electron chi connectivity index (χ1n) is 3.12. The number of carbonyl (C=O) groups excluding carboxylic acids is 1. The number of carbonyl (C=O) groups is 1. The van der Waals surface area contributed by atoms with Crippen molar-refractivity contribution in [3.8, 4) is 0 Å². The van der Waals surface area contributed by atoms with Gasteiger partial charge < -0.3 is 5.32 Å². The van der Waals surface area contributed by atoms with Gasteiger partial charge in [-0.05, 0) is 17.9 Å². The minimum absolute atomic E-state index is 0.361. The van der Waals surface area contributed by atoms with Crippen molar-refractivity contribution in [3.05, 3.63) is 17.8 Å². The molecule has 1 heterocycles. The van der Waals surface area contributed by atoms with Gasteiger partial charge in [-0.3, -0.25) is 0 Å². The molecule has 0 aliphatic carbocycles. The first-order chi connectivity index (χ1) is 4.83. The summed E-state index contributed by atoms with van der Waals surface area (Å²) in [6.07, 6.45) is 4.21. The Hall–Kier alpha value is -1.34. The summed E-state index contributed by atoms with van der Waals surface area (Å²) < 4.78 is 0. The zero-order valence-corrected chi connectivity index (χ0v) is 5.72. The molecule has 0 bridgehead atoms. The molecule has 0 radical (unpaired) electrons. The molecule has 3 nitrogen and oxygen atoms in total. The van der Waals surface area contributed by atoms with Crippen molar-refractivity contribution in [1.82, 2.24) is 5.32 Å². The molecule has 3 heteroatoms. The monoisotopic (exact) mass is 136 g/mol. The molecule has 0 saturated carbocycles. The quantitative estimate of drug-likeness (QED) is 0.578. The van der Waals surface area contributed by atoms with Crippen LogP contribution >= 0.6 is 0 Å². The number of hydrogen-bond acceptors (Lipinski definition) is 1. The van der Waals surface area contributed by atoms with Crippen molar-refractivity contribution in [3.63, 3.8) is 0 Å². The normalized spacial score (nSPS) is 16.1. The Balaban J connectivity index is 2.82. The van der Waals surface area contributed by atoms with Crippen LogP contribution in [0.4, 0.5) is 4.79 Å². The fourth-order valence-corrected chi connectivity index (χ4v) is 0.606. The fraction of sp³-hybridized carbons (Fsp3) is 0.286. The number of urea groups is 1. The molecule has 0 saturated heterocycles. The first-order valence-corrected chi connectivity index (χ1v) is 3.12. The number of nitrogens with one attached hydrogen (secondary N) is 1. The average Bonchev–Trinajstić information content (AvgIpc) is 2.14. The molecule has 2 amide bonds. The second-order valence-corrected chi connectivity index (χ2v) is 1.91. The largest absolute Gasteiger partial charge is 0.353 e. The highest BCUT2D eigenvalue weighted by molar-refractivity contribution is 5.84. The molecule has 0 aromatic heterocycles. The minimum atomic E-state index is -0.361. The van der Waals surface area contributed by atoms with Gasteiger partial charge in [0, 0.05) is 12.3 Å². The Kier molecular flexibility index (Phi) is 2.03. The van der Waals surface area contributed by atoms with Crippen LogP contribution in [0, 0.1) is 0 Å². The summed E-state index contributed by atoms with van der Waals surface area (Å²) in [5.41, 5.74) is 1.02. The molecule has 52 valence electrons. The third-order valence-corrected chi connectivity index (χ3v) is 1.21. The van der Waals surface area contributed by atoms with Gasteiger partial charge in [0.05, 0.1) is 0 Å². The molecule has 1 aliphatic rings. The van der Waals surface area contributed by atoms with Gasteiger partial charge in [0.25, 0.3) is 0 Å². The van der Waals surface area contributed by atoms with Crippen LogP contribution in [0.5, 0.6) is 0 Å². The van der Waals surface area contributed by atoms with Crippen LogP contribution in [-0.4, -0.2) is 11.9 Å². The Bertz CT molecular complexity index is 234. The predicted octanol–water partition coefficient (Wildman–Crippen LogP) is 1.23. The van der Waals surface area contributed by atoms with E-state index in [0.29, 0.717) is 0 Å². The number of hydrogen-bond donors (Lipinski definition) is 1. The molecule has 0 atom stereocenters. The summed E-state index contributed by atoms with van der Waals surface area (Å²) in [4.78, 5) is 14.0. The molecule has 10 heavy (non-hydrogen) atoms. The van der Waals surface area contributed by atoms with E-state index >= 15 is 0 Å². The third-order valence-electron chi connectivity index (χ3n) is 1.21. The van der Waals surface area contributed by atoms with Gasteiger partial charge in [-0.25, -0.2) is 4.79 Å². The van der Waals surface area contributed by atoms with E-state index in [-0.39, 0.29) is 6.03 Å². The maximum Gasteiger partial charge on any atom is 0.353 e. The highest BCUT2D eigenvalue weighted by Crippen LogP contribution is 1.99. The Morgan fingerprint density at radius 1 is 1.80 bits per heavy atom. The van der Waals surface area contributed by atoms with Crippen molar-refractivity contribution in [1.29, 1.82) is 0 Å². The van der Waals surface area contributed by atoms with E-state index in [1.54, 1.807) is 12.3 Å². The number of aliphatic imine (C=N–C) groups is 1. The number of amides is 2. The van der Waals surface area contributed by atoms with Gasteiger partial charge in [0.1, 0.15) is 0 Å². The van der Waals surface area contributed by atoms with E-state index in [0.717, 1.165) is 12.0 Å². The smallest absolute Gasteiger partial charge is 0.312 e. The molecule has 0 aromatic carbocycles. The van der Waals surface area contributed by atoms with Crippen LogP contribution in [0.15, 0.2) is 22.8 Å². The molecule has 1 N–H and O–H groups in total. The van der Waals surface area contributed by atoms with Crippen LogP contribution < -0.4 is 5.32 Å². The summed E-state index contributed by atoms with van der Waals surface area (Å²) in [6, 6.07) is -0.361. The Morgan fingerprint density at radius 3 is 3.30 bits per heavy atom. The van der Waals surface area contributed by atoms with Gasteiger partial charge >= 0.3 is 6.03 Å². The number of allylic oxidation sites excluding steroid dienone is 2. The van der Waals surface area contributed by atoms with E-state index in [1.807, 2.05) is 6.92 Å². The molecular weight excluding hydrogens is 128 g/mol. The van der Waals surface area contributed by atoms with Crippen molar-refractivity contribution < 1.29 is 4.79 Å². The van der Waals surface area contributed by atoms with Crippen LogP contribution in [0.3, 0.4) is 0 Å². The molecule has 1 aliphatic heterocycles. The fourth-order valence-electron chi connectivity index (χ4n) is 0.606. The summed E-state index contributed by atoms with van der Waals surface area (Å²) in [6.45, 7) is 2.00. The van der Waals surface area contributed by atoms with Crippen LogP contribution in [0.1, 0.15) is 13.3 Å². The lowest BCUT2D eigenvalue weighted by molar-refractivity contribution is 0.252. The number of rotatable bonds is 1. The van der Waals surface area contributed by atoms with Gasteiger partial charge in [-0.1, -0.05) is 6.92 Å². The van der Waals surface area contributed by atoms with Crippen molar-refractivity contribution in [2.75, 3.05) is 0 Å². The van der Waals surface area contributed by atoms with E-state index < -0.39 is 0 Å². The SMILES string of the molecule is CCC1=CNC(=O)N=C=C1. The van der Waals surface area contributed by atoms with E-state index in [4.69, 9.17) is 0 Å². The standard InChI is InChI=1S/C7H8N2O/c1-2-6-3-4-8-7(10)9-5-6/h3,5H,2H2,1H3,(H,9,10). The zero-order chi connectivity index (χ0) is 7.40. The zero-order valence-electron chi connectivity index (χ0n) is 5.72. The van der Waals surface area contributed by atoms with Crippen molar-refractivity contribution in [2.24, 2.45) is 4.99 Å². The maximum absolute atomic E-state index is 10.5. The Morgan fingerprint density at radius 2 is 2.60 bits per heavy atom. The second kappa shape index (κ2) is 2.99. The summed E-state index contributed by atoms with van der Waals surface area (Å²) in [5, 5.41) is 2.48. The molecule has 1 rings (SSSR count). The molecule has 0 fully saturated rings. The Labute approximate surface area is 59.2 Å². The van der Waals surface area contributed by atoms with Gasteiger partial charge in [0.2, 0.25) is 0 Å². The van der Waals surface area contributed by atoms with E-state index in [2.05, 4.69) is 16.2 Å². The predicted molar refractivity (Wildman–Crippen MR) is 38.9 cm³/mol.